The van der Waals surface area contributed by atoms with Crippen molar-refractivity contribution in [2.24, 2.45) is 0 Å². The van der Waals surface area contributed by atoms with Gasteiger partial charge in [-0.2, -0.15) is 0 Å². The van der Waals surface area contributed by atoms with Crippen molar-refractivity contribution in [3.05, 3.63) is 51.9 Å². The second kappa shape index (κ2) is 5.61. The van der Waals surface area contributed by atoms with Crippen LogP contribution in [0.2, 0.25) is 0 Å². The quantitative estimate of drug-likeness (QED) is 0.673. The third kappa shape index (κ3) is 3.02. The van der Waals surface area contributed by atoms with E-state index in [-0.39, 0.29) is 5.75 Å². The van der Waals surface area contributed by atoms with Crippen LogP contribution in [0.15, 0.2) is 45.1 Å². The molecule has 0 spiro atoms. The lowest BCUT2D eigenvalue weighted by atomic mass is 9.93. The van der Waals surface area contributed by atoms with Crippen LogP contribution < -0.4 is 10.4 Å². The van der Waals surface area contributed by atoms with Gasteiger partial charge in [-0.1, -0.05) is 11.6 Å². The number of fused-ring (bicyclic) bond motifs is 3. The molecule has 0 radical (unpaired) electrons. The molecule has 2 aromatic rings. The van der Waals surface area contributed by atoms with E-state index in [0.717, 1.165) is 12.8 Å². The van der Waals surface area contributed by atoms with Crippen molar-refractivity contribution in [2.45, 2.75) is 39.2 Å². The Labute approximate surface area is 134 Å². The van der Waals surface area contributed by atoms with Gasteiger partial charge in [-0.25, -0.2) is 4.79 Å². The zero-order chi connectivity index (χ0) is 16.6. The molecule has 0 amide bonds. The summed E-state index contributed by atoms with van der Waals surface area (Å²) in [4.78, 5) is 11.4. The molecular formula is C19H20O4. The molecule has 1 aliphatic rings. The molecule has 1 aromatic heterocycles. The van der Waals surface area contributed by atoms with Gasteiger partial charge in [0, 0.05) is 12.1 Å². The molecule has 23 heavy (non-hydrogen) atoms. The first kappa shape index (κ1) is 15.4. The number of phenols is 1. The van der Waals surface area contributed by atoms with Crippen molar-refractivity contribution in [3.63, 3.8) is 0 Å². The summed E-state index contributed by atoms with van der Waals surface area (Å²) < 4.78 is 11.4. The minimum absolute atomic E-state index is 0.0458. The summed E-state index contributed by atoms with van der Waals surface area (Å²) in [5.74, 6) is 0.607. The predicted octanol–water partition coefficient (Wildman–Crippen LogP) is 4.41. The number of hydrogen-bond acceptors (Lipinski definition) is 4. The Morgan fingerprint density at radius 1 is 1.35 bits per heavy atom. The van der Waals surface area contributed by atoms with Crippen molar-refractivity contribution < 1.29 is 14.3 Å². The maximum atomic E-state index is 11.4. The molecule has 4 nitrogen and oxygen atoms in total. The number of benzene rings is 1. The maximum Gasteiger partial charge on any atom is 0.336 e. The molecule has 1 unspecified atom stereocenters. The van der Waals surface area contributed by atoms with Crippen molar-refractivity contribution in [1.29, 1.82) is 0 Å². The molecule has 1 aromatic carbocycles. The molecule has 0 bridgehead atoms. The van der Waals surface area contributed by atoms with Gasteiger partial charge in [0.05, 0.1) is 10.9 Å². The van der Waals surface area contributed by atoms with Crippen molar-refractivity contribution in [1.82, 2.24) is 0 Å². The molecule has 0 saturated heterocycles. The van der Waals surface area contributed by atoms with Gasteiger partial charge in [-0.15, -0.1) is 0 Å². The Kier molecular flexibility index (Phi) is 3.76. The van der Waals surface area contributed by atoms with Crippen LogP contribution in [0.4, 0.5) is 0 Å². The summed E-state index contributed by atoms with van der Waals surface area (Å²) in [6, 6.07) is 4.49. The summed E-state index contributed by atoms with van der Waals surface area (Å²) in [7, 11) is 0. The second-order valence-corrected chi connectivity index (χ2v) is 6.37. The highest BCUT2D eigenvalue weighted by Gasteiger charge is 2.29. The van der Waals surface area contributed by atoms with Crippen LogP contribution in [-0.2, 0) is 0 Å². The first-order valence-electron chi connectivity index (χ1n) is 7.69. The molecule has 0 fully saturated rings. The Balaban J connectivity index is 2.03. The summed E-state index contributed by atoms with van der Waals surface area (Å²) in [5, 5.41) is 10.9. The molecule has 2 heterocycles. The summed E-state index contributed by atoms with van der Waals surface area (Å²) in [6.45, 7) is 6.16. The highest BCUT2D eigenvalue weighted by Crippen LogP contribution is 2.43. The molecule has 1 N–H and O–H groups in total. The lowest BCUT2D eigenvalue weighted by Gasteiger charge is -2.32. The first-order chi connectivity index (χ1) is 10.9. The maximum absolute atomic E-state index is 11.4. The van der Waals surface area contributed by atoms with E-state index in [1.807, 2.05) is 19.1 Å². The molecule has 0 aliphatic carbocycles. The van der Waals surface area contributed by atoms with Gasteiger partial charge in [0.25, 0.3) is 0 Å². The van der Waals surface area contributed by atoms with Crippen LogP contribution >= 0.6 is 0 Å². The monoisotopic (exact) mass is 312 g/mol. The fourth-order valence-electron chi connectivity index (χ4n) is 2.77. The first-order valence-corrected chi connectivity index (χ1v) is 7.69. The Hall–Kier alpha value is -2.49. The van der Waals surface area contributed by atoms with Gasteiger partial charge in [0.15, 0.2) is 0 Å². The zero-order valence-corrected chi connectivity index (χ0v) is 13.6. The standard InChI is InChI=1S/C19H20O4/c1-12(2)5-4-9-19(3)10-8-13-15(20)11-16-14(18(13)23-19)6-7-17(21)22-16/h5-8,10-11,20H,4,9H2,1-3H3. The summed E-state index contributed by atoms with van der Waals surface area (Å²) >= 11 is 0. The molecule has 4 heteroatoms. The fourth-order valence-corrected chi connectivity index (χ4v) is 2.77. The summed E-state index contributed by atoms with van der Waals surface area (Å²) in [6.07, 6.45) is 7.75. The third-order valence-electron chi connectivity index (χ3n) is 4.03. The van der Waals surface area contributed by atoms with Gasteiger partial charge in [0.1, 0.15) is 22.7 Å². The van der Waals surface area contributed by atoms with Crippen molar-refractivity contribution >= 4 is 17.0 Å². The Morgan fingerprint density at radius 3 is 2.87 bits per heavy atom. The van der Waals surface area contributed by atoms with Crippen LogP contribution in [0.5, 0.6) is 11.5 Å². The van der Waals surface area contributed by atoms with Crippen molar-refractivity contribution in [2.75, 3.05) is 0 Å². The molecule has 0 saturated carbocycles. The smallest absolute Gasteiger partial charge is 0.336 e. The Morgan fingerprint density at radius 2 is 2.13 bits per heavy atom. The van der Waals surface area contributed by atoms with Gasteiger partial charge in [-0.3, -0.25) is 0 Å². The number of aromatic hydroxyl groups is 1. The van der Waals surface area contributed by atoms with E-state index in [4.69, 9.17) is 9.15 Å². The van der Waals surface area contributed by atoms with E-state index < -0.39 is 11.2 Å². The van der Waals surface area contributed by atoms with E-state index >= 15 is 0 Å². The number of hydrogen-bond donors (Lipinski definition) is 1. The number of ether oxygens (including phenoxy) is 1. The number of phenolic OH excluding ortho intramolecular Hbond substituents is 1. The Bertz CT molecular complexity index is 869. The topological polar surface area (TPSA) is 59.7 Å². The molecule has 1 aliphatic heterocycles. The molecule has 3 rings (SSSR count). The average molecular weight is 312 g/mol. The second-order valence-electron chi connectivity index (χ2n) is 6.37. The number of allylic oxidation sites excluding steroid dienone is 2. The van der Waals surface area contributed by atoms with Crippen LogP contribution in [0.1, 0.15) is 39.2 Å². The average Bonchev–Trinajstić information content (AvgIpc) is 2.46. The minimum atomic E-state index is -0.462. The van der Waals surface area contributed by atoms with Gasteiger partial charge in [0.2, 0.25) is 0 Å². The molecule has 1 atom stereocenters. The largest absolute Gasteiger partial charge is 0.507 e. The van der Waals surface area contributed by atoms with Crippen LogP contribution in [0.3, 0.4) is 0 Å². The molecule has 120 valence electrons. The van der Waals surface area contributed by atoms with E-state index in [9.17, 15) is 9.90 Å². The van der Waals surface area contributed by atoms with E-state index in [0.29, 0.717) is 22.3 Å². The van der Waals surface area contributed by atoms with E-state index in [2.05, 4.69) is 19.9 Å². The number of rotatable bonds is 3. The van der Waals surface area contributed by atoms with E-state index in [1.54, 1.807) is 6.07 Å². The third-order valence-corrected chi connectivity index (χ3v) is 4.03. The highest BCUT2D eigenvalue weighted by atomic mass is 16.5. The van der Waals surface area contributed by atoms with Gasteiger partial charge >= 0.3 is 5.63 Å². The normalized spacial score (nSPS) is 19.3. The van der Waals surface area contributed by atoms with Gasteiger partial charge < -0.3 is 14.3 Å². The summed E-state index contributed by atoms with van der Waals surface area (Å²) in [5.41, 5.74) is 1.31. The van der Waals surface area contributed by atoms with Crippen LogP contribution in [-0.4, -0.2) is 10.7 Å². The van der Waals surface area contributed by atoms with Crippen LogP contribution in [0, 0.1) is 0 Å². The lowest BCUT2D eigenvalue weighted by Crippen LogP contribution is -2.31. The minimum Gasteiger partial charge on any atom is -0.507 e. The van der Waals surface area contributed by atoms with E-state index in [1.165, 1.54) is 17.7 Å². The fraction of sp³-hybridized carbons (Fsp3) is 0.316. The van der Waals surface area contributed by atoms with Gasteiger partial charge in [-0.05, 0) is 51.8 Å². The highest BCUT2D eigenvalue weighted by molar-refractivity contribution is 5.91. The van der Waals surface area contributed by atoms with Crippen LogP contribution in [0.25, 0.3) is 17.0 Å². The predicted molar refractivity (Wildman–Crippen MR) is 90.9 cm³/mol. The zero-order valence-electron chi connectivity index (χ0n) is 13.6. The SMILES string of the molecule is CC(C)=CCCC1(C)C=Cc2c(O)cc3oc(=O)ccc3c2O1. The lowest BCUT2D eigenvalue weighted by molar-refractivity contribution is 0.130. The molecular weight excluding hydrogens is 292 g/mol. The van der Waals surface area contributed by atoms with Crippen molar-refractivity contribution in [3.8, 4) is 11.5 Å².